The predicted molar refractivity (Wildman–Crippen MR) is 177 cm³/mol. The van der Waals surface area contributed by atoms with Crippen molar-refractivity contribution in [1.82, 2.24) is 9.37 Å². The van der Waals surface area contributed by atoms with Gasteiger partial charge in [-0.1, -0.05) is 29.8 Å². The highest BCUT2D eigenvalue weighted by Crippen LogP contribution is 2.42. The Labute approximate surface area is 296 Å². The van der Waals surface area contributed by atoms with E-state index in [0.717, 1.165) is 60.9 Å². The Bertz CT molecular complexity index is 1860. The van der Waals surface area contributed by atoms with Crippen molar-refractivity contribution in [2.24, 2.45) is 5.73 Å². The summed E-state index contributed by atoms with van der Waals surface area (Å²) in [5, 5.41) is 0.589. The van der Waals surface area contributed by atoms with Gasteiger partial charge in [-0.2, -0.15) is 22.0 Å². The smallest absolute Gasteiger partial charge is 0.490 e. The molecular weight excluding hydrogens is 725 g/mol. The van der Waals surface area contributed by atoms with Crippen LogP contribution in [0.3, 0.4) is 0 Å². The van der Waals surface area contributed by atoms with Gasteiger partial charge < -0.3 is 24.9 Å². The van der Waals surface area contributed by atoms with Gasteiger partial charge in [0.15, 0.2) is 0 Å². The molecule has 0 bridgehead atoms. The maximum Gasteiger partial charge on any atom is 0.492 e. The highest BCUT2D eigenvalue weighted by Gasteiger charge is 2.58. The summed E-state index contributed by atoms with van der Waals surface area (Å²) in [4.78, 5) is 30.7. The van der Waals surface area contributed by atoms with E-state index in [1.54, 1.807) is 26.0 Å². The van der Waals surface area contributed by atoms with Gasteiger partial charge in [-0.05, 0) is 104 Å². The zero-order valence-electron chi connectivity index (χ0n) is 27.7. The summed E-state index contributed by atoms with van der Waals surface area (Å²) < 4.78 is 114. The van der Waals surface area contributed by atoms with Gasteiger partial charge >= 0.3 is 18.1 Å². The number of benzene rings is 3. The maximum atomic E-state index is 16.9. The van der Waals surface area contributed by atoms with Crippen LogP contribution in [-0.4, -0.2) is 73.2 Å². The molecular formula is C34H37ClF5N3O7S. The lowest BCUT2D eigenvalue weighted by Gasteiger charge is -2.38. The predicted octanol–water partition coefficient (Wildman–Crippen LogP) is 6.72. The molecule has 5 rings (SSSR count). The second kappa shape index (κ2) is 15.1. The lowest BCUT2D eigenvalue weighted by molar-refractivity contribution is -0.239. The Morgan fingerprint density at radius 1 is 0.922 bits per heavy atom. The number of halogens is 6. The van der Waals surface area contributed by atoms with Crippen LogP contribution in [0.1, 0.15) is 57.9 Å². The summed E-state index contributed by atoms with van der Waals surface area (Å²) in [5.41, 5.74) is 4.86. The summed E-state index contributed by atoms with van der Waals surface area (Å²) in [7, 11) is -5.65. The topological polar surface area (TPSA) is 128 Å². The summed E-state index contributed by atoms with van der Waals surface area (Å²) in [6.45, 7) is 2.70. The molecule has 3 aromatic carbocycles. The van der Waals surface area contributed by atoms with E-state index in [-0.39, 0.29) is 48.2 Å². The fourth-order valence-corrected chi connectivity index (χ4v) is 7.55. The molecule has 0 unspecified atom stereocenters. The largest absolute Gasteiger partial charge is 0.492 e. The van der Waals surface area contributed by atoms with Gasteiger partial charge in [0.1, 0.15) is 11.5 Å². The summed E-state index contributed by atoms with van der Waals surface area (Å²) in [6, 6.07) is 6.67. The molecule has 2 aliphatic rings. The van der Waals surface area contributed by atoms with Crippen LogP contribution in [0.4, 0.5) is 22.0 Å². The number of carbonyl (C=O) groups excluding carboxylic acids is 2. The third-order valence-corrected chi connectivity index (χ3v) is 10.6. The molecule has 2 fully saturated rings. The molecule has 0 radical (unpaired) electrons. The third kappa shape index (κ3) is 8.67. The van der Waals surface area contributed by atoms with Crippen molar-refractivity contribution >= 4 is 44.3 Å². The number of hydrogen-bond acceptors (Lipinski definition) is 8. The molecule has 1 amide bonds. The Morgan fingerprint density at radius 3 is 2.18 bits per heavy atom. The van der Waals surface area contributed by atoms with Gasteiger partial charge in [-0.15, -0.1) is 0 Å². The monoisotopic (exact) mass is 761 g/mol. The Hall–Kier alpha value is -3.73. The van der Waals surface area contributed by atoms with Crippen molar-refractivity contribution in [2.75, 3.05) is 13.1 Å². The highest BCUT2D eigenvalue weighted by molar-refractivity contribution is 7.89. The average Bonchev–Trinajstić information content (AvgIpc) is 3.57. The van der Waals surface area contributed by atoms with Crippen molar-refractivity contribution in [2.45, 2.75) is 93.7 Å². The normalized spacial score (nSPS) is 17.3. The Kier molecular flexibility index (Phi) is 11.4. The molecule has 0 spiro atoms. The number of rotatable bonds is 11. The number of piperidine rings is 1. The zero-order chi connectivity index (χ0) is 37.3. The number of hydrogen-bond donors (Lipinski definition) is 1. The first-order valence-electron chi connectivity index (χ1n) is 16.3. The lowest BCUT2D eigenvalue weighted by Crippen LogP contribution is -2.60. The van der Waals surface area contributed by atoms with E-state index in [1.807, 2.05) is 0 Å². The first-order valence-corrected chi connectivity index (χ1v) is 18.1. The molecule has 2 N–H and O–H groups in total. The second-order valence-corrected chi connectivity index (χ2v) is 15.0. The van der Waals surface area contributed by atoms with Crippen LogP contribution in [0.25, 0.3) is 10.8 Å². The highest BCUT2D eigenvalue weighted by atomic mass is 35.5. The quantitative estimate of drug-likeness (QED) is 0.169. The van der Waals surface area contributed by atoms with Gasteiger partial charge in [0.25, 0.3) is 15.9 Å². The van der Waals surface area contributed by atoms with Gasteiger partial charge in [0, 0.05) is 24.7 Å². The molecule has 10 nitrogen and oxygen atoms in total. The molecule has 278 valence electrons. The molecule has 3 aromatic rings. The number of alkyl halides is 5. The number of hydroxylamine groups is 1. The zero-order valence-corrected chi connectivity index (χ0v) is 29.2. The lowest BCUT2D eigenvalue weighted by atomic mass is 9.98. The van der Waals surface area contributed by atoms with Crippen molar-refractivity contribution in [1.29, 1.82) is 0 Å². The van der Waals surface area contributed by atoms with Gasteiger partial charge in [0.2, 0.25) is 6.04 Å². The number of sulfonamides is 1. The molecule has 1 saturated carbocycles. The molecule has 1 saturated heterocycles. The number of nitrogens with zero attached hydrogens (tertiary/aromatic N) is 2. The van der Waals surface area contributed by atoms with Crippen LogP contribution < -0.4 is 15.2 Å². The number of amides is 1. The molecule has 1 aliphatic heterocycles. The number of fused-ring (bicyclic) bond motifs is 1. The molecule has 0 aromatic heterocycles. The first-order chi connectivity index (χ1) is 23.9. The molecule has 1 atom stereocenters. The van der Waals surface area contributed by atoms with Crippen LogP contribution in [0.15, 0.2) is 59.5 Å². The SMILES string of the molecule is CC(C)Oc1cc(C(F)(F)[C@H](C(=O)N2CCC(N)CC2)N(OC(=O)C(F)(F)F)S(=O)(=O)c2ccc3cc(OC4CCCC4)ccc3c2)ccc1Cl. The van der Waals surface area contributed by atoms with Crippen molar-refractivity contribution in [3.05, 3.63) is 65.2 Å². The van der Waals surface area contributed by atoms with Crippen LogP contribution in [0, 0.1) is 0 Å². The van der Waals surface area contributed by atoms with E-state index in [1.165, 1.54) is 12.1 Å². The van der Waals surface area contributed by atoms with Crippen LogP contribution in [-0.2, 0) is 30.4 Å². The number of nitrogens with two attached hydrogens (primary N) is 1. The van der Waals surface area contributed by atoms with Crippen LogP contribution in [0.2, 0.25) is 5.02 Å². The van der Waals surface area contributed by atoms with Crippen LogP contribution >= 0.6 is 11.6 Å². The molecule has 17 heteroatoms. The summed E-state index contributed by atoms with van der Waals surface area (Å²) in [5.74, 6) is -9.18. The first kappa shape index (κ1) is 38.5. The minimum absolute atomic E-state index is 0.0133. The van der Waals surface area contributed by atoms with E-state index >= 15 is 8.78 Å². The third-order valence-electron chi connectivity index (χ3n) is 8.65. The molecule has 1 heterocycles. The van der Waals surface area contributed by atoms with E-state index in [2.05, 4.69) is 4.84 Å². The molecule has 51 heavy (non-hydrogen) atoms. The Morgan fingerprint density at radius 2 is 1.55 bits per heavy atom. The van der Waals surface area contributed by atoms with Gasteiger partial charge in [-0.3, -0.25) is 4.79 Å². The van der Waals surface area contributed by atoms with Gasteiger partial charge in [-0.25, -0.2) is 13.2 Å². The summed E-state index contributed by atoms with van der Waals surface area (Å²) >= 11 is 6.14. The summed E-state index contributed by atoms with van der Waals surface area (Å²) in [6.07, 6.45) is -2.35. The van der Waals surface area contributed by atoms with Gasteiger partial charge in [0.05, 0.1) is 22.1 Å². The molecule has 1 aliphatic carbocycles. The van der Waals surface area contributed by atoms with E-state index in [0.29, 0.717) is 11.1 Å². The minimum Gasteiger partial charge on any atom is -0.490 e. The fourth-order valence-electron chi connectivity index (χ4n) is 6.00. The maximum absolute atomic E-state index is 16.9. The van der Waals surface area contributed by atoms with E-state index in [4.69, 9.17) is 26.8 Å². The standard InChI is InChI=1S/C34H37ClF5N3O7S/c1-20(2)48-29-19-23(9-12-28(29)35)33(36,37)30(31(44)42-15-13-24(41)14-16-42)43(50-32(45)34(38,39)40)51(46,47)27-11-8-21-17-26(10-7-22(21)18-27)49-25-5-3-4-6-25/h7-12,17-20,24-25,30H,3-6,13-16,41H2,1-2H3/t30-/m0/s1. The van der Waals surface area contributed by atoms with E-state index in [9.17, 15) is 31.2 Å². The fraction of sp³-hybridized carbons (Fsp3) is 0.471. The Balaban J connectivity index is 1.64. The van der Waals surface area contributed by atoms with Crippen molar-refractivity contribution < 1.29 is 54.3 Å². The number of carbonyl (C=O) groups is 2. The minimum atomic E-state index is -5.84. The van der Waals surface area contributed by atoms with E-state index < -0.39 is 67.1 Å². The average molecular weight is 762 g/mol. The number of ether oxygens (including phenoxy) is 2. The van der Waals surface area contributed by atoms with Crippen LogP contribution in [0.5, 0.6) is 11.5 Å². The van der Waals surface area contributed by atoms with Crippen molar-refractivity contribution in [3.63, 3.8) is 0 Å². The number of likely N-dealkylation sites (tertiary alicyclic amines) is 1. The second-order valence-electron chi connectivity index (χ2n) is 12.8. The van der Waals surface area contributed by atoms with Crippen molar-refractivity contribution in [3.8, 4) is 11.5 Å².